The van der Waals surface area contributed by atoms with Crippen molar-refractivity contribution in [1.82, 2.24) is 4.90 Å². The number of carbonyl (C=O) groups excluding carboxylic acids is 1. The van der Waals surface area contributed by atoms with Crippen LogP contribution in [-0.4, -0.2) is 23.6 Å². The largest absolute Gasteiger partial charge is 0.447 e. The number of rotatable bonds is 2. The smallest absolute Gasteiger partial charge is 0.410 e. The first-order chi connectivity index (χ1) is 4.57. The number of carbonyl (C=O) groups is 1. The molecule has 0 spiro atoms. The Balaban J connectivity index is 3.62. The van der Waals surface area contributed by atoms with Crippen molar-refractivity contribution in [2.45, 2.75) is 26.9 Å². The average molecular weight is 144 g/mol. The van der Waals surface area contributed by atoms with Gasteiger partial charge in [0.1, 0.15) is 0 Å². The van der Waals surface area contributed by atoms with Gasteiger partial charge in [-0.15, -0.1) is 0 Å². The molecule has 0 aromatic heterocycles. The minimum atomic E-state index is -0.363. The van der Waals surface area contributed by atoms with Crippen molar-refractivity contribution in [2.75, 3.05) is 6.54 Å². The van der Waals surface area contributed by atoms with Gasteiger partial charge in [0.15, 0.2) is 0 Å². The van der Waals surface area contributed by atoms with E-state index in [1.165, 1.54) is 4.90 Å². The average Bonchev–Trinajstić information content (AvgIpc) is 1.85. The summed E-state index contributed by atoms with van der Waals surface area (Å²) >= 11 is 0. The SMILES string of the molecule is [CH2]N(CC)C(=O)OC(C)C. The summed E-state index contributed by atoms with van der Waals surface area (Å²) in [5.74, 6) is 0. The topological polar surface area (TPSA) is 29.5 Å². The van der Waals surface area contributed by atoms with Crippen LogP contribution in [0.15, 0.2) is 0 Å². The van der Waals surface area contributed by atoms with Crippen molar-refractivity contribution < 1.29 is 9.53 Å². The molecular weight excluding hydrogens is 130 g/mol. The molecule has 0 aliphatic rings. The zero-order valence-corrected chi connectivity index (χ0v) is 6.76. The second-order valence-corrected chi connectivity index (χ2v) is 2.29. The molecule has 0 saturated heterocycles. The van der Waals surface area contributed by atoms with Gasteiger partial charge in [0.05, 0.1) is 6.10 Å². The second-order valence-electron chi connectivity index (χ2n) is 2.29. The lowest BCUT2D eigenvalue weighted by Gasteiger charge is -2.15. The lowest BCUT2D eigenvalue weighted by atomic mass is 10.5. The molecule has 59 valence electrons. The molecule has 0 rings (SSSR count). The van der Waals surface area contributed by atoms with Crippen LogP contribution in [0.4, 0.5) is 4.79 Å². The van der Waals surface area contributed by atoms with Gasteiger partial charge in [0.25, 0.3) is 0 Å². The number of ether oxygens (including phenoxy) is 1. The van der Waals surface area contributed by atoms with Crippen LogP contribution in [0.3, 0.4) is 0 Å². The van der Waals surface area contributed by atoms with Gasteiger partial charge in [-0.2, -0.15) is 0 Å². The van der Waals surface area contributed by atoms with Crippen molar-refractivity contribution in [3.05, 3.63) is 7.05 Å². The van der Waals surface area contributed by atoms with Crippen molar-refractivity contribution >= 4 is 6.09 Å². The van der Waals surface area contributed by atoms with E-state index in [2.05, 4.69) is 7.05 Å². The van der Waals surface area contributed by atoms with E-state index in [0.29, 0.717) is 6.54 Å². The molecule has 3 heteroatoms. The Morgan fingerprint density at radius 2 is 2.20 bits per heavy atom. The zero-order chi connectivity index (χ0) is 8.15. The molecule has 1 amide bonds. The predicted octanol–water partition coefficient (Wildman–Crippen LogP) is 1.64. The summed E-state index contributed by atoms with van der Waals surface area (Å²) in [6.07, 6.45) is -0.430. The fourth-order valence-corrected chi connectivity index (χ4v) is 0.405. The molecule has 0 aliphatic carbocycles. The van der Waals surface area contributed by atoms with E-state index < -0.39 is 0 Å². The Morgan fingerprint density at radius 1 is 1.70 bits per heavy atom. The van der Waals surface area contributed by atoms with E-state index >= 15 is 0 Å². The number of nitrogens with zero attached hydrogens (tertiary/aromatic N) is 1. The van der Waals surface area contributed by atoms with Crippen molar-refractivity contribution in [3.63, 3.8) is 0 Å². The summed E-state index contributed by atoms with van der Waals surface area (Å²) < 4.78 is 4.83. The third-order valence-corrected chi connectivity index (χ3v) is 0.976. The molecule has 0 heterocycles. The van der Waals surface area contributed by atoms with E-state index in [1.807, 2.05) is 6.92 Å². The fourth-order valence-electron chi connectivity index (χ4n) is 0.405. The van der Waals surface area contributed by atoms with Crippen LogP contribution in [0.5, 0.6) is 0 Å². The van der Waals surface area contributed by atoms with Crippen LogP contribution in [0.25, 0.3) is 0 Å². The Hall–Kier alpha value is -0.730. The van der Waals surface area contributed by atoms with E-state index in [1.54, 1.807) is 13.8 Å². The standard InChI is InChI=1S/C7H14NO2/c1-5-8(4)7(9)10-6(2)3/h6H,4-5H2,1-3H3. The maximum atomic E-state index is 10.8. The highest BCUT2D eigenvalue weighted by Crippen LogP contribution is 1.95. The summed E-state index contributed by atoms with van der Waals surface area (Å²) in [5, 5.41) is 0. The summed E-state index contributed by atoms with van der Waals surface area (Å²) in [7, 11) is 3.47. The monoisotopic (exact) mass is 144 g/mol. The molecule has 0 fully saturated rings. The van der Waals surface area contributed by atoms with Crippen LogP contribution < -0.4 is 0 Å². The first-order valence-electron chi connectivity index (χ1n) is 3.36. The molecule has 0 aromatic carbocycles. The van der Waals surface area contributed by atoms with Gasteiger partial charge in [-0.3, -0.25) is 0 Å². The molecule has 0 saturated carbocycles. The molecular formula is C7H14NO2. The lowest BCUT2D eigenvalue weighted by Crippen LogP contribution is -2.27. The minimum Gasteiger partial charge on any atom is -0.447 e. The highest BCUT2D eigenvalue weighted by atomic mass is 16.6. The van der Waals surface area contributed by atoms with Gasteiger partial charge < -0.3 is 9.64 Å². The van der Waals surface area contributed by atoms with Crippen molar-refractivity contribution in [1.29, 1.82) is 0 Å². The lowest BCUT2D eigenvalue weighted by molar-refractivity contribution is 0.0897. The first kappa shape index (κ1) is 9.27. The summed E-state index contributed by atoms with van der Waals surface area (Å²) in [4.78, 5) is 12.1. The molecule has 1 radical (unpaired) electrons. The van der Waals surface area contributed by atoms with Crippen LogP contribution in [0.2, 0.25) is 0 Å². The van der Waals surface area contributed by atoms with Gasteiger partial charge in [0.2, 0.25) is 0 Å². The van der Waals surface area contributed by atoms with Crippen molar-refractivity contribution in [2.24, 2.45) is 0 Å². The van der Waals surface area contributed by atoms with Crippen molar-refractivity contribution in [3.8, 4) is 0 Å². The van der Waals surface area contributed by atoms with Gasteiger partial charge in [-0.05, 0) is 20.8 Å². The minimum absolute atomic E-state index is 0.0664. The molecule has 3 nitrogen and oxygen atoms in total. The molecule has 0 atom stereocenters. The molecule has 0 bridgehead atoms. The quantitative estimate of drug-likeness (QED) is 0.589. The van der Waals surface area contributed by atoms with Crippen LogP contribution in [0.1, 0.15) is 20.8 Å². The summed E-state index contributed by atoms with van der Waals surface area (Å²) in [6, 6.07) is 0. The third kappa shape index (κ3) is 3.33. The highest BCUT2D eigenvalue weighted by molar-refractivity contribution is 5.67. The number of hydrogen-bond acceptors (Lipinski definition) is 2. The molecule has 10 heavy (non-hydrogen) atoms. The van der Waals surface area contributed by atoms with E-state index in [0.717, 1.165) is 0 Å². The first-order valence-corrected chi connectivity index (χ1v) is 3.36. The zero-order valence-electron chi connectivity index (χ0n) is 6.76. The molecule has 0 N–H and O–H groups in total. The number of hydrogen-bond donors (Lipinski definition) is 0. The normalized spacial score (nSPS) is 9.70. The Kier molecular flexibility index (Phi) is 3.84. The maximum Gasteiger partial charge on any atom is 0.410 e. The van der Waals surface area contributed by atoms with E-state index in [4.69, 9.17) is 4.74 Å². The molecule has 0 aliphatic heterocycles. The van der Waals surface area contributed by atoms with Gasteiger partial charge in [-0.1, -0.05) is 0 Å². The fraction of sp³-hybridized carbons (Fsp3) is 0.714. The second kappa shape index (κ2) is 4.14. The Morgan fingerprint density at radius 3 is 2.50 bits per heavy atom. The van der Waals surface area contributed by atoms with E-state index in [-0.39, 0.29) is 12.2 Å². The van der Waals surface area contributed by atoms with Crippen LogP contribution >= 0.6 is 0 Å². The Bertz CT molecular complexity index is 112. The Labute approximate surface area is 62.0 Å². The summed E-state index contributed by atoms with van der Waals surface area (Å²) in [6.45, 7) is 6.03. The predicted molar refractivity (Wildman–Crippen MR) is 39.4 cm³/mol. The van der Waals surface area contributed by atoms with Gasteiger partial charge in [-0.25, -0.2) is 4.79 Å². The molecule has 0 unspecified atom stereocenters. The van der Waals surface area contributed by atoms with Crippen LogP contribution in [-0.2, 0) is 4.74 Å². The third-order valence-electron chi connectivity index (χ3n) is 0.976. The van der Waals surface area contributed by atoms with Gasteiger partial charge in [0, 0.05) is 13.6 Å². The summed E-state index contributed by atoms with van der Waals surface area (Å²) in [5.41, 5.74) is 0. The molecule has 0 aromatic rings. The van der Waals surface area contributed by atoms with Crippen LogP contribution in [0, 0.1) is 7.05 Å². The maximum absolute atomic E-state index is 10.8. The highest BCUT2D eigenvalue weighted by Gasteiger charge is 2.08. The number of amides is 1. The van der Waals surface area contributed by atoms with Gasteiger partial charge >= 0.3 is 6.09 Å². The van der Waals surface area contributed by atoms with E-state index in [9.17, 15) is 4.79 Å².